The maximum Gasteiger partial charge on any atom is 0.127 e. The van der Waals surface area contributed by atoms with Crippen molar-refractivity contribution in [2.24, 2.45) is 5.92 Å². The lowest BCUT2D eigenvalue weighted by Crippen LogP contribution is -2.05. The third kappa shape index (κ3) is 2.47. The Morgan fingerprint density at radius 1 is 1.28 bits per heavy atom. The lowest BCUT2D eigenvalue weighted by atomic mass is 9.85. The van der Waals surface area contributed by atoms with Crippen LogP contribution in [0.4, 0.5) is 4.39 Å². The average Bonchev–Trinajstić information content (AvgIpc) is 2.38. The Hall–Kier alpha value is -1.57. The Kier molecular flexibility index (Phi) is 3.85. The van der Waals surface area contributed by atoms with E-state index in [0.29, 0.717) is 17.9 Å². The first kappa shape index (κ1) is 12.9. The monoisotopic (exact) mass is 245 g/mol. The fourth-order valence-corrected chi connectivity index (χ4v) is 2.24. The SMILES string of the molecule is COc1cccc(C2=C(C(C)C)[CH]CC=C2F)c1. The van der Waals surface area contributed by atoms with Crippen LogP contribution in [0.1, 0.15) is 25.8 Å². The second-order valence-electron chi connectivity index (χ2n) is 4.71. The summed E-state index contributed by atoms with van der Waals surface area (Å²) >= 11 is 0. The maximum absolute atomic E-state index is 14.1. The fourth-order valence-electron chi connectivity index (χ4n) is 2.24. The predicted molar refractivity (Wildman–Crippen MR) is 72.9 cm³/mol. The zero-order valence-electron chi connectivity index (χ0n) is 11.0. The van der Waals surface area contributed by atoms with E-state index in [1.165, 1.54) is 0 Å². The molecule has 0 spiro atoms. The molecule has 1 aromatic rings. The number of rotatable bonds is 3. The predicted octanol–water partition coefficient (Wildman–Crippen LogP) is 4.57. The molecule has 0 unspecified atom stereocenters. The van der Waals surface area contributed by atoms with Gasteiger partial charge in [-0.3, -0.25) is 0 Å². The van der Waals surface area contributed by atoms with Gasteiger partial charge in [-0.05, 0) is 42.5 Å². The number of hydrogen-bond acceptors (Lipinski definition) is 1. The summed E-state index contributed by atoms with van der Waals surface area (Å²) in [6.45, 7) is 4.18. The van der Waals surface area contributed by atoms with Gasteiger partial charge in [0, 0.05) is 5.57 Å². The van der Waals surface area contributed by atoms with E-state index in [0.717, 1.165) is 16.9 Å². The molecule has 0 saturated heterocycles. The molecule has 1 radical (unpaired) electrons. The van der Waals surface area contributed by atoms with Crippen LogP contribution in [0.15, 0.2) is 41.7 Å². The topological polar surface area (TPSA) is 9.23 Å². The van der Waals surface area contributed by atoms with Gasteiger partial charge in [0.05, 0.1) is 7.11 Å². The van der Waals surface area contributed by atoms with Crippen LogP contribution in [0.3, 0.4) is 0 Å². The summed E-state index contributed by atoms with van der Waals surface area (Å²) in [5.41, 5.74) is 2.65. The molecule has 1 nitrogen and oxygen atoms in total. The minimum Gasteiger partial charge on any atom is -0.497 e. The summed E-state index contributed by atoms with van der Waals surface area (Å²) in [6, 6.07) is 7.56. The van der Waals surface area contributed by atoms with Gasteiger partial charge < -0.3 is 4.74 Å². The maximum atomic E-state index is 14.1. The largest absolute Gasteiger partial charge is 0.497 e. The lowest BCUT2D eigenvalue weighted by Gasteiger charge is -2.21. The molecular weight excluding hydrogens is 227 g/mol. The second kappa shape index (κ2) is 5.38. The highest BCUT2D eigenvalue weighted by Crippen LogP contribution is 2.37. The molecule has 0 atom stereocenters. The van der Waals surface area contributed by atoms with Gasteiger partial charge in [-0.2, -0.15) is 0 Å². The summed E-state index contributed by atoms with van der Waals surface area (Å²) in [5.74, 6) is 0.932. The molecule has 1 aromatic carbocycles. The molecule has 0 N–H and O–H groups in total. The van der Waals surface area contributed by atoms with E-state index in [9.17, 15) is 4.39 Å². The van der Waals surface area contributed by atoms with Gasteiger partial charge in [0.2, 0.25) is 0 Å². The first-order chi connectivity index (χ1) is 8.63. The van der Waals surface area contributed by atoms with Crippen LogP contribution in [0.25, 0.3) is 5.57 Å². The van der Waals surface area contributed by atoms with Crippen LogP contribution in [-0.4, -0.2) is 7.11 Å². The molecule has 0 bridgehead atoms. The smallest absolute Gasteiger partial charge is 0.127 e. The number of allylic oxidation sites excluding steroid dienone is 4. The van der Waals surface area contributed by atoms with Crippen molar-refractivity contribution < 1.29 is 9.13 Å². The summed E-state index contributed by atoms with van der Waals surface area (Å²) < 4.78 is 19.3. The molecule has 0 amide bonds. The van der Waals surface area contributed by atoms with Gasteiger partial charge in [-0.1, -0.05) is 31.6 Å². The van der Waals surface area contributed by atoms with E-state index in [-0.39, 0.29) is 5.83 Å². The normalized spacial score (nSPS) is 15.9. The van der Waals surface area contributed by atoms with Gasteiger partial charge in [-0.25, -0.2) is 4.39 Å². The van der Waals surface area contributed by atoms with Gasteiger partial charge >= 0.3 is 0 Å². The first-order valence-electron chi connectivity index (χ1n) is 6.21. The minimum atomic E-state index is -0.130. The molecule has 18 heavy (non-hydrogen) atoms. The Bertz CT molecular complexity index is 498. The van der Waals surface area contributed by atoms with E-state index in [2.05, 4.69) is 20.3 Å². The zero-order valence-corrected chi connectivity index (χ0v) is 11.0. The van der Waals surface area contributed by atoms with Gasteiger partial charge in [0.25, 0.3) is 0 Å². The van der Waals surface area contributed by atoms with E-state index in [1.807, 2.05) is 24.3 Å². The summed E-state index contributed by atoms with van der Waals surface area (Å²) in [5, 5.41) is 0. The summed E-state index contributed by atoms with van der Waals surface area (Å²) in [7, 11) is 1.62. The van der Waals surface area contributed by atoms with E-state index in [4.69, 9.17) is 4.74 Å². The van der Waals surface area contributed by atoms with Crippen molar-refractivity contribution in [2.75, 3.05) is 7.11 Å². The van der Waals surface area contributed by atoms with Gasteiger partial charge in [0.15, 0.2) is 0 Å². The lowest BCUT2D eigenvalue weighted by molar-refractivity contribution is 0.414. The Labute approximate surface area is 108 Å². The quantitative estimate of drug-likeness (QED) is 0.758. The van der Waals surface area contributed by atoms with E-state index >= 15 is 0 Å². The Morgan fingerprint density at radius 2 is 2.06 bits per heavy atom. The van der Waals surface area contributed by atoms with Crippen LogP contribution in [0.2, 0.25) is 0 Å². The van der Waals surface area contributed by atoms with Crippen LogP contribution >= 0.6 is 0 Å². The number of ether oxygens (including phenoxy) is 1. The molecule has 1 aliphatic carbocycles. The van der Waals surface area contributed by atoms with Crippen LogP contribution < -0.4 is 4.74 Å². The molecular formula is C16H18FO. The van der Waals surface area contributed by atoms with Crippen molar-refractivity contribution in [1.82, 2.24) is 0 Å². The van der Waals surface area contributed by atoms with Gasteiger partial charge in [-0.15, -0.1) is 0 Å². The van der Waals surface area contributed by atoms with Crippen molar-refractivity contribution in [3.05, 3.63) is 53.7 Å². The highest BCUT2D eigenvalue weighted by atomic mass is 19.1. The molecule has 2 rings (SSSR count). The van der Waals surface area contributed by atoms with Crippen LogP contribution in [0, 0.1) is 12.3 Å². The first-order valence-corrected chi connectivity index (χ1v) is 6.21. The molecule has 1 aliphatic rings. The summed E-state index contributed by atoms with van der Waals surface area (Å²) in [4.78, 5) is 0. The highest BCUT2D eigenvalue weighted by Gasteiger charge is 2.20. The van der Waals surface area contributed by atoms with E-state index in [1.54, 1.807) is 13.2 Å². The molecule has 0 aliphatic heterocycles. The van der Waals surface area contributed by atoms with Crippen molar-refractivity contribution >= 4 is 5.57 Å². The molecule has 0 heterocycles. The third-order valence-electron chi connectivity index (χ3n) is 3.14. The average molecular weight is 245 g/mol. The molecule has 0 aromatic heterocycles. The number of hydrogen-bond donors (Lipinski definition) is 0. The van der Waals surface area contributed by atoms with Gasteiger partial charge in [0.1, 0.15) is 11.6 Å². The van der Waals surface area contributed by atoms with Crippen LogP contribution in [0.5, 0.6) is 5.75 Å². The molecule has 0 fully saturated rings. The Morgan fingerprint density at radius 3 is 2.72 bits per heavy atom. The van der Waals surface area contributed by atoms with Crippen LogP contribution in [-0.2, 0) is 0 Å². The van der Waals surface area contributed by atoms with Crippen molar-refractivity contribution in [3.63, 3.8) is 0 Å². The van der Waals surface area contributed by atoms with Crippen molar-refractivity contribution in [2.45, 2.75) is 20.3 Å². The molecule has 2 heteroatoms. The standard InChI is InChI=1S/C16H18FO/c1-11(2)14-8-5-9-15(17)16(14)12-6-4-7-13(10-12)18-3/h4,6-11H,5H2,1-3H3. The second-order valence-corrected chi connectivity index (χ2v) is 4.71. The molecule has 95 valence electrons. The van der Waals surface area contributed by atoms with Crippen molar-refractivity contribution in [1.29, 1.82) is 0 Å². The highest BCUT2D eigenvalue weighted by molar-refractivity contribution is 5.82. The Balaban J connectivity index is 2.53. The summed E-state index contributed by atoms with van der Waals surface area (Å²) in [6.07, 6.45) is 4.40. The third-order valence-corrected chi connectivity index (χ3v) is 3.14. The zero-order chi connectivity index (χ0) is 13.1. The number of benzene rings is 1. The van der Waals surface area contributed by atoms with E-state index < -0.39 is 0 Å². The fraction of sp³-hybridized carbons (Fsp3) is 0.312. The number of halogens is 1. The minimum absolute atomic E-state index is 0.130. The number of methoxy groups -OCH3 is 1. The molecule has 0 saturated carbocycles. The van der Waals surface area contributed by atoms with Crippen molar-refractivity contribution in [3.8, 4) is 5.75 Å².